The lowest BCUT2D eigenvalue weighted by Crippen LogP contribution is -2.15. The predicted molar refractivity (Wildman–Crippen MR) is 95.4 cm³/mol. The minimum absolute atomic E-state index is 0.0525. The molecule has 0 radical (unpaired) electrons. The summed E-state index contributed by atoms with van der Waals surface area (Å²) in [7, 11) is -2.14. The Hall–Kier alpha value is -2.21. The lowest BCUT2D eigenvalue weighted by atomic mass is 10.1. The molecule has 130 valence electrons. The summed E-state index contributed by atoms with van der Waals surface area (Å²) >= 11 is 0. The molecule has 0 heterocycles. The number of aryl methyl sites for hydroxylation is 1. The minimum atomic E-state index is -3.71. The summed E-state index contributed by atoms with van der Waals surface area (Å²) in [5.41, 5.74) is 1.26. The van der Waals surface area contributed by atoms with Gasteiger partial charge in [0.05, 0.1) is 23.8 Å². The molecule has 0 aliphatic rings. The van der Waals surface area contributed by atoms with Gasteiger partial charge in [-0.1, -0.05) is 19.1 Å². The molecular formula is C18H23NO4S. The molecule has 2 aromatic rings. The molecule has 0 bridgehead atoms. The number of para-hydroxylation sites is 2. The van der Waals surface area contributed by atoms with Crippen LogP contribution in [0.5, 0.6) is 11.5 Å². The molecule has 24 heavy (non-hydrogen) atoms. The summed E-state index contributed by atoms with van der Waals surface area (Å²) < 4.78 is 38.9. The molecule has 0 saturated heterocycles. The number of methoxy groups -OCH3 is 1. The van der Waals surface area contributed by atoms with E-state index in [9.17, 15) is 8.42 Å². The van der Waals surface area contributed by atoms with Crippen LogP contribution in [0, 0.1) is 0 Å². The Kier molecular flexibility index (Phi) is 5.72. The van der Waals surface area contributed by atoms with Crippen molar-refractivity contribution in [1.82, 2.24) is 0 Å². The van der Waals surface area contributed by atoms with E-state index < -0.39 is 10.0 Å². The van der Waals surface area contributed by atoms with Crippen LogP contribution in [0.15, 0.2) is 47.4 Å². The zero-order valence-electron chi connectivity index (χ0n) is 14.4. The molecule has 0 aromatic heterocycles. The van der Waals surface area contributed by atoms with Gasteiger partial charge in [-0.25, -0.2) is 8.42 Å². The van der Waals surface area contributed by atoms with Crippen molar-refractivity contribution in [3.63, 3.8) is 0 Å². The third-order valence-corrected chi connectivity index (χ3v) is 4.80. The average molecular weight is 349 g/mol. The largest absolute Gasteiger partial charge is 0.496 e. The molecule has 2 aromatic carbocycles. The fourth-order valence-electron chi connectivity index (χ4n) is 2.31. The third-order valence-electron chi connectivity index (χ3n) is 3.44. The smallest absolute Gasteiger partial charge is 0.262 e. The molecular weight excluding hydrogens is 326 g/mol. The summed E-state index contributed by atoms with van der Waals surface area (Å²) in [5, 5.41) is 0. The average Bonchev–Trinajstić information content (AvgIpc) is 2.55. The molecule has 5 nitrogen and oxygen atoms in total. The van der Waals surface area contributed by atoms with Gasteiger partial charge in [0.15, 0.2) is 0 Å². The highest BCUT2D eigenvalue weighted by molar-refractivity contribution is 7.92. The Morgan fingerprint density at radius 3 is 2.42 bits per heavy atom. The van der Waals surface area contributed by atoms with Crippen LogP contribution in [0.3, 0.4) is 0 Å². The molecule has 0 aliphatic heterocycles. The van der Waals surface area contributed by atoms with Crippen molar-refractivity contribution in [2.24, 2.45) is 0 Å². The van der Waals surface area contributed by atoms with Crippen LogP contribution >= 0.6 is 0 Å². The molecule has 0 fully saturated rings. The summed E-state index contributed by atoms with van der Waals surface area (Å²) in [6.45, 7) is 5.73. The van der Waals surface area contributed by atoms with Crippen molar-refractivity contribution < 1.29 is 17.9 Å². The van der Waals surface area contributed by atoms with Crippen molar-refractivity contribution >= 4 is 15.7 Å². The highest BCUT2D eigenvalue weighted by Crippen LogP contribution is 2.29. The first-order chi connectivity index (χ1) is 11.4. The van der Waals surface area contributed by atoms with Gasteiger partial charge in [0.1, 0.15) is 11.5 Å². The zero-order chi connectivity index (χ0) is 17.7. The molecule has 0 unspecified atom stereocenters. The van der Waals surface area contributed by atoms with Crippen LogP contribution in [0.1, 0.15) is 26.3 Å². The van der Waals surface area contributed by atoms with Crippen LogP contribution in [0.25, 0.3) is 0 Å². The van der Waals surface area contributed by atoms with Crippen LogP contribution in [0.2, 0.25) is 0 Å². The van der Waals surface area contributed by atoms with Crippen LogP contribution in [0.4, 0.5) is 5.69 Å². The van der Waals surface area contributed by atoms with E-state index in [1.807, 2.05) is 20.8 Å². The highest BCUT2D eigenvalue weighted by atomic mass is 32.2. The predicted octanol–water partition coefficient (Wildman–Crippen LogP) is 3.85. The minimum Gasteiger partial charge on any atom is -0.496 e. The van der Waals surface area contributed by atoms with Gasteiger partial charge in [-0.3, -0.25) is 4.72 Å². The molecule has 1 N–H and O–H groups in total. The van der Waals surface area contributed by atoms with Gasteiger partial charge in [-0.15, -0.1) is 0 Å². The van der Waals surface area contributed by atoms with E-state index in [4.69, 9.17) is 9.47 Å². The van der Waals surface area contributed by atoms with E-state index in [0.717, 1.165) is 5.56 Å². The zero-order valence-corrected chi connectivity index (χ0v) is 15.2. The fraction of sp³-hybridized carbons (Fsp3) is 0.333. The Morgan fingerprint density at radius 1 is 1.08 bits per heavy atom. The summed E-state index contributed by atoms with van der Waals surface area (Å²) in [5.74, 6) is 1.18. The van der Waals surface area contributed by atoms with E-state index in [-0.39, 0.29) is 11.0 Å². The number of sulfonamides is 1. The van der Waals surface area contributed by atoms with E-state index in [0.29, 0.717) is 23.6 Å². The maximum atomic E-state index is 12.7. The fourth-order valence-corrected chi connectivity index (χ4v) is 3.43. The second-order valence-electron chi connectivity index (χ2n) is 5.60. The van der Waals surface area contributed by atoms with Crippen molar-refractivity contribution in [2.75, 3.05) is 11.8 Å². The molecule has 6 heteroatoms. The Bertz CT molecular complexity index is 800. The number of hydrogen-bond acceptors (Lipinski definition) is 4. The Morgan fingerprint density at radius 2 is 1.79 bits per heavy atom. The number of benzene rings is 2. The van der Waals surface area contributed by atoms with Crippen molar-refractivity contribution in [3.05, 3.63) is 48.0 Å². The van der Waals surface area contributed by atoms with E-state index in [2.05, 4.69) is 4.72 Å². The number of ether oxygens (including phenoxy) is 2. The Balaban J connectivity index is 2.36. The Labute approximate surface area is 143 Å². The second-order valence-corrected chi connectivity index (χ2v) is 7.28. The molecule has 0 aliphatic carbocycles. The molecule has 0 atom stereocenters. The van der Waals surface area contributed by atoms with Crippen molar-refractivity contribution in [1.29, 1.82) is 0 Å². The first-order valence-electron chi connectivity index (χ1n) is 7.82. The van der Waals surface area contributed by atoms with Crippen molar-refractivity contribution in [2.45, 2.75) is 38.2 Å². The van der Waals surface area contributed by atoms with Gasteiger partial charge in [0.2, 0.25) is 0 Å². The molecule has 2 rings (SSSR count). The van der Waals surface area contributed by atoms with E-state index >= 15 is 0 Å². The van der Waals surface area contributed by atoms with Gasteiger partial charge >= 0.3 is 0 Å². The number of anilines is 1. The lowest BCUT2D eigenvalue weighted by molar-refractivity contribution is 0.244. The van der Waals surface area contributed by atoms with Gasteiger partial charge < -0.3 is 9.47 Å². The van der Waals surface area contributed by atoms with Gasteiger partial charge in [-0.2, -0.15) is 0 Å². The molecule has 0 spiro atoms. The summed E-state index contributed by atoms with van der Waals surface area (Å²) in [4.78, 5) is 0.194. The van der Waals surface area contributed by atoms with Gasteiger partial charge in [0, 0.05) is 0 Å². The topological polar surface area (TPSA) is 64.6 Å². The monoisotopic (exact) mass is 349 g/mol. The van der Waals surface area contributed by atoms with E-state index in [1.165, 1.54) is 6.07 Å². The van der Waals surface area contributed by atoms with Crippen LogP contribution < -0.4 is 14.2 Å². The summed E-state index contributed by atoms with van der Waals surface area (Å²) in [6.07, 6.45) is 0.628. The normalized spacial score (nSPS) is 11.4. The van der Waals surface area contributed by atoms with Gasteiger partial charge in [-0.05, 0) is 56.2 Å². The number of hydrogen-bond donors (Lipinski definition) is 1. The lowest BCUT2D eigenvalue weighted by Gasteiger charge is -2.16. The molecule has 0 saturated carbocycles. The van der Waals surface area contributed by atoms with Crippen LogP contribution in [-0.4, -0.2) is 21.6 Å². The first kappa shape index (κ1) is 18.1. The highest BCUT2D eigenvalue weighted by Gasteiger charge is 2.18. The standard InChI is InChI=1S/C18H23NO4S/c1-5-14-12-15(10-11-17(14)22-4)24(20,21)19-16-8-6-7-9-18(16)23-13(2)3/h6-13,19H,5H2,1-4H3. The number of rotatable bonds is 7. The molecule has 0 amide bonds. The van der Waals surface area contributed by atoms with Gasteiger partial charge in [0.25, 0.3) is 10.0 Å². The number of nitrogens with one attached hydrogen (secondary N) is 1. The van der Waals surface area contributed by atoms with Crippen LogP contribution in [-0.2, 0) is 16.4 Å². The second kappa shape index (κ2) is 7.57. The SMILES string of the molecule is CCc1cc(S(=O)(=O)Nc2ccccc2OC(C)C)ccc1OC. The maximum Gasteiger partial charge on any atom is 0.262 e. The third kappa shape index (κ3) is 4.20. The maximum absolute atomic E-state index is 12.7. The quantitative estimate of drug-likeness (QED) is 0.825. The van der Waals surface area contributed by atoms with E-state index in [1.54, 1.807) is 43.5 Å². The summed E-state index contributed by atoms with van der Waals surface area (Å²) in [6, 6.07) is 11.8. The van der Waals surface area contributed by atoms with Crippen molar-refractivity contribution in [3.8, 4) is 11.5 Å². The first-order valence-corrected chi connectivity index (χ1v) is 9.31.